The van der Waals surface area contributed by atoms with Gasteiger partial charge in [0, 0.05) is 49.4 Å². The number of rotatable bonds is 7. The minimum absolute atomic E-state index is 0.00126. The summed E-state index contributed by atoms with van der Waals surface area (Å²) in [5.74, 6) is -0.845. The van der Waals surface area contributed by atoms with Crippen LogP contribution < -0.4 is 15.7 Å². The van der Waals surface area contributed by atoms with E-state index in [-0.39, 0.29) is 28.9 Å². The van der Waals surface area contributed by atoms with Crippen LogP contribution in [0, 0.1) is 11.3 Å². The van der Waals surface area contributed by atoms with Gasteiger partial charge in [-0.1, -0.05) is 12.1 Å². The highest BCUT2D eigenvalue weighted by Gasteiger charge is 2.42. The number of aromatic amines is 1. The number of piperidine rings is 1. The lowest BCUT2D eigenvalue weighted by atomic mass is 9.89. The lowest BCUT2D eigenvalue weighted by Gasteiger charge is -2.43. The molecule has 0 saturated carbocycles. The molecule has 0 amide bonds. The number of methoxy groups -OCH3 is 1. The van der Waals surface area contributed by atoms with Crippen LogP contribution in [-0.4, -0.2) is 91.0 Å². The van der Waals surface area contributed by atoms with Gasteiger partial charge in [0.25, 0.3) is 0 Å². The summed E-state index contributed by atoms with van der Waals surface area (Å²) in [6.07, 6.45) is -2.26. The van der Waals surface area contributed by atoms with E-state index in [0.717, 1.165) is 12.1 Å². The fraction of sp³-hybridized carbons (Fsp3) is 0.406. The first-order chi connectivity index (χ1) is 23.4. The van der Waals surface area contributed by atoms with Crippen LogP contribution in [-0.2, 0) is 37.1 Å². The van der Waals surface area contributed by atoms with Crippen molar-refractivity contribution in [1.29, 1.82) is 5.26 Å². The molecule has 1 N–H and O–H groups in total. The predicted molar refractivity (Wildman–Crippen MR) is 172 cm³/mol. The number of aromatic nitrogens is 3. The summed E-state index contributed by atoms with van der Waals surface area (Å²) in [7, 11) is 1.84. The zero-order chi connectivity index (χ0) is 37.2. The van der Waals surface area contributed by atoms with E-state index in [1.807, 2.05) is 14.1 Å². The Morgan fingerprint density at radius 2 is 1.84 bits per heavy atom. The number of halogens is 3. The Balaban J connectivity index is 0.00000181. The van der Waals surface area contributed by atoms with Crippen molar-refractivity contribution in [2.24, 2.45) is 0 Å². The minimum Gasteiger partial charge on any atom is -0.554 e. The van der Waals surface area contributed by atoms with Crippen molar-refractivity contribution in [3.05, 3.63) is 86.5 Å². The molecule has 0 spiro atoms. The van der Waals surface area contributed by atoms with E-state index in [1.165, 1.54) is 39.3 Å². The van der Waals surface area contributed by atoms with Crippen molar-refractivity contribution in [2.45, 2.75) is 44.6 Å². The third-order valence-corrected chi connectivity index (χ3v) is 10.3. The molecule has 50 heavy (non-hydrogen) atoms. The van der Waals surface area contributed by atoms with Gasteiger partial charge in [0.2, 0.25) is 16.0 Å². The maximum Gasteiger partial charge on any atom is 0.416 e. The number of hydrogen-bond donors (Lipinski definition) is 1. The molecule has 3 aromatic rings. The second-order valence-electron chi connectivity index (χ2n) is 12.4. The molecule has 18 heteroatoms. The van der Waals surface area contributed by atoms with Crippen LogP contribution in [0.15, 0.2) is 58.5 Å². The van der Waals surface area contributed by atoms with Gasteiger partial charge >= 0.3 is 17.8 Å². The van der Waals surface area contributed by atoms with E-state index < -0.39 is 45.9 Å². The first-order valence-electron chi connectivity index (χ1n) is 15.2. The highest BCUT2D eigenvalue weighted by molar-refractivity contribution is 7.88. The summed E-state index contributed by atoms with van der Waals surface area (Å²) in [6, 6.07) is 10.5. The van der Waals surface area contributed by atoms with Crippen LogP contribution in [0.2, 0.25) is 0 Å². The van der Waals surface area contributed by atoms with Crippen molar-refractivity contribution < 1.29 is 45.5 Å². The number of fused-ring (bicyclic) bond motifs is 1. The van der Waals surface area contributed by atoms with E-state index in [4.69, 9.17) is 14.6 Å². The van der Waals surface area contributed by atoms with Crippen LogP contribution in [0.3, 0.4) is 0 Å². The van der Waals surface area contributed by atoms with Gasteiger partial charge in [-0.15, -0.1) is 5.10 Å². The van der Waals surface area contributed by atoms with Gasteiger partial charge in [0.15, 0.2) is 0 Å². The molecule has 0 radical (unpaired) electrons. The van der Waals surface area contributed by atoms with Gasteiger partial charge in [0.05, 0.1) is 56.3 Å². The van der Waals surface area contributed by atoms with Crippen LogP contribution in [0.25, 0.3) is 0 Å². The van der Waals surface area contributed by atoms with E-state index in [2.05, 4.69) is 16.3 Å². The number of alkyl halides is 3. The third-order valence-electron chi connectivity index (χ3n) is 9.01. The molecular weight excluding hydrogens is 683 g/mol. The number of benzene rings is 2. The van der Waals surface area contributed by atoms with Crippen LogP contribution in [0.1, 0.15) is 48.1 Å². The normalized spacial score (nSPS) is 17.3. The van der Waals surface area contributed by atoms with Crippen LogP contribution >= 0.6 is 0 Å². The summed E-state index contributed by atoms with van der Waals surface area (Å²) < 4.78 is 73.5. The van der Waals surface area contributed by atoms with Gasteiger partial charge < -0.3 is 19.1 Å². The van der Waals surface area contributed by atoms with Gasteiger partial charge in [-0.25, -0.2) is 32.0 Å². The molecule has 0 aliphatic carbocycles. The lowest BCUT2D eigenvalue weighted by Crippen LogP contribution is -2.54. The summed E-state index contributed by atoms with van der Waals surface area (Å²) in [4.78, 5) is 36.5. The van der Waals surface area contributed by atoms with Gasteiger partial charge in [-0.3, -0.25) is 4.90 Å². The molecule has 0 bridgehead atoms. The maximum absolute atomic E-state index is 13.7. The lowest BCUT2D eigenvalue weighted by molar-refractivity contribution is -0.929. The van der Waals surface area contributed by atoms with E-state index in [0.29, 0.717) is 53.6 Å². The second-order valence-corrected chi connectivity index (χ2v) is 14.4. The minimum atomic E-state index is -4.65. The molecule has 3 heterocycles. The number of carbonyl (C=O) groups is 2. The number of nitrogens with zero attached hydrogens (tertiary/aromatic N) is 6. The average Bonchev–Trinajstić information content (AvgIpc) is 3.43. The number of quaternary nitrogens is 1. The number of nitriles is 1. The van der Waals surface area contributed by atoms with Crippen molar-refractivity contribution in [1.82, 2.24) is 19.1 Å². The predicted octanol–water partition coefficient (Wildman–Crippen LogP) is 2.02. The molecule has 2 aliphatic rings. The van der Waals surface area contributed by atoms with Gasteiger partial charge in [-0.05, 0) is 42.8 Å². The van der Waals surface area contributed by atoms with E-state index in [1.54, 1.807) is 25.1 Å². The number of ether oxygens (including phenoxy) is 1. The van der Waals surface area contributed by atoms with E-state index in [9.17, 15) is 36.4 Å². The third kappa shape index (κ3) is 7.59. The molecule has 2 aliphatic heterocycles. The molecule has 5 rings (SSSR count). The van der Waals surface area contributed by atoms with Gasteiger partial charge in [-0.2, -0.15) is 18.4 Å². The molecule has 1 fully saturated rings. The monoisotopic (exact) mass is 719 g/mol. The molecular formula is C32H36F3N7O7S. The highest BCUT2D eigenvalue weighted by atomic mass is 32.2. The Morgan fingerprint density at radius 3 is 2.40 bits per heavy atom. The number of nitrogens with one attached hydrogen (secondary N) is 1. The molecule has 2 aromatic carbocycles. The molecule has 1 saturated heterocycles. The Hall–Kier alpha value is -4.99. The number of anilines is 2. The largest absolute Gasteiger partial charge is 0.554 e. The fourth-order valence-corrected chi connectivity index (χ4v) is 7.47. The summed E-state index contributed by atoms with van der Waals surface area (Å²) >= 11 is 0. The highest BCUT2D eigenvalue weighted by Crippen LogP contribution is 2.44. The standard InChI is InChI=1S/C31H34F3N7O5S.CH2O2/c1-19-26(28(42)46-4)27(40-29(36-37-30(40)43)39(19)23-8-6-7-22(16-23)31(32,33)34)25-10-9-20(17-35)15-21(25)18-41(2,3)24-11-13-38(14-12-24)47(5,44)45;2-1-3/h6-10,15-16,24,27H,11-14,18H2,1-5H3;1H,(H,2,3). The Bertz CT molecular complexity index is 2010. The van der Waals surface area contributed by atoms with E-state index >= 15 is 0 Å². The van der Waals surface area contributed by atoms with Crippen LogP contribution in [0.4, 0.5) is 24.8 Å². The van der Waals surface area contributed by atoms with Crippen molar-refractivity contribution >= 4 is 34.1 Å². The fourth-order valence-electron chi connectivity index (χ4n) is 6.60. The zero-order valence-electron chi connectivity index (χ0n) is 27.9. The Labute approximate surface area is 286 Å². The number of allylic oxidation sites excluding steroid dienone is 1. The number of carboxylic acid groups (broad SMARTS) is 1. The van der Waals surface area contributed by atoms with Crippen molar-refractivity contribution in [2.75, 3.05) is 45.5 Å². The van der Waals surface area contributed by atoms with Crippen molar-refractivity contribution in [3.8, 4) is 6.07 Å². The quantitative estimate of drug-likeness (QED) is 0.216. The number of sulfonamides is 1. The number of H-pyrrole nitrogens is 1. The summed E-state index contributed by atoms with van der Waals surface area (Å²) in [5.41, 5.74) is 0.0671. The number of esters is 1. The number of hydrogen-bond acceptors (Lipinski definition) is 10. The topological polar surface area (TPSA) is 182 Å². The van der Waals surface area contributed by atoms with Gasteiger partial charge in [0.1, 0.15) is 12.6 Å². The molecule has 1 unspecified atom stereocenters. The smallest absolute Gasteiger partial charge is 0.416 e. The second kappa shape index (κ2) is 14.5. The first kappa shape index (κ1) is 37.8. The van der Waals surface area contributed by atoms with Crippen LogP contribution in [0.5, 0.6) is 0 Å². The first-order valence-corrected chi connectivity index (χ1v) is 17.0. The average molecular weight is 720 g/mol. The molecule has 1 aromatic heterocycles. The van der Waals surface area contributed by atoms with Crippen molar-refractivity contribution in [3.63, 3.8) is 0 Å². The molecule has 1 atom stereocenters. The Kier molecular flexibility index (Phi) is 10.9. The zero-order valence-corrected chi connectivity index (χ0v) is 28.7. The Morgan fingerprint density at radius 1 is 1.20 bits per heavy atom. The number of carbonyl (C=O) groups excluding carboxylic acids is 2. The molecule has 268 valence electrons. The molecule has 14 nitrogen and oxygen atoms in total. The summed E-state index contributed by atoms with van der Waals surface area (Å²) in [6.45, 7) is 2.12. The summed E-state index contributed by atoms with van der Waals surface area (Å²) in [5, 5.41) is 24.6. The SMILES string of the molecule is COC(=O)C1=C(C)N(c2cccc(C(F)(F)F)c2)c2n[nH]c(=O)n2C1c1ccc(C#N)cc1C[N+](C)(C)C1CCN(S(C)(=O)=O)CC1.O=C[O-]. The maximum atomic E-state index is 13.7.